The summed E-state index contributed by atoms with van der Waals surface area (Å²) in [6, 6.07) is 4.69. The number of likely N-dealkylation sites (tertiary alicyclic amines) is 1. The van der Waals surface area contributed by atoms with Gasteiger partial charge < -0.3 is 4.74 Å². The van der Waals surface area contributed by atoms with Crippen molar-refractivity contribution < 1.29 is 13.2 Å². The Morgan fingerprint density at radius 1 is 1.33 bits per heavy atom. The molecule has 0 spiro atoms. The molecular weight excluding hydrogens is 326 g/mol. The van der Waals surface area contributed by atoms with Crippen molar-refractivity contribution in [3.63, 3.8) is 0 Å². The first-order valence-electron chi connectivity index (χ1n) is 8.73. The van der Waals surface area contributed by atoms with Gasteiger partial charge in [-0.1, -0.05) is 13.0 Å². The Morgan fingerprint density at radius 3 is 2.67 bits per heavy atom. The Hall–Kier alpha value is -1.02. The number of sulfonamides is 1. The summed E-state index contributed by atoms with van der Waals surface area (Å²) in [4.78, 5) is 6.68. The molecule has 0 saturated carbocycles. The van der Waals surface area contributed by atoms with Crippen molar-refractivity contribution in [3.05, 3.63) is 30.1 Å². The first kappa shape index (κ1) is 17.8. The second-order valence-corrected chi connectivity index (χ2v) is 8.74. The summed E-state index contributed by atoms with van der Waals surface area (Å²) >= 11 is 0. The molecule has 6 nitrogen and oxygen atoms in total. The van der Waals surface area contributed by atoms with Crippen molar-refractivity contribution in [1.82, 2.24) is 14.2 Å². The van der Waals surface area contributed by atoms with Crippen LogP contribution >= 0.6 is 0 Å². The lowest BCUT2D eigenvalue weighted by Crippen LogP contribution is -2.60. The fourth-order valence-electron chi connectivity index (χ4n) is 3.87. The topological polar surface area (TPSA) is 62.7 Å². The van der Waals surface area contributed by atoms with Gasteiger partial charge in [-0.25, -0.2) is 12.7 Å². The van der Waals surface area contributed by atoms with Crippen LogP contribution in [0.3, 0.4) is 0 Å². The summed E-state index contributed by atoms with van der Waals surface area (Å²) in [7, 11) is -1.32. The van der Waals surface area contributed by atoms with Crippen LogP contribution < -0.4 is 0 Å². The maximum absolute atomic E-state index is 12.2. The van der Waals surface area contributed by atoms with Crippen molar-refractivity contribution in [3.8, 4) is 0 Å². The first-order chi connectivity index (χ1) is 11.6. The zero-order valence-electron chi connectivity index (χ0n) is 14.5. The number of rotatable bonds is 6. The fraction of sp³-hybridized carbons (Fsp3) is 0.706. The molecule has 2 saturated heterocycles. The molecule has 134 valence electrons. The third-order valence-electron chi connectivity index (χ3n) is 5.18. The molecule has 3 heterocycles. The van der Waals surface area contributed by atoms with E-state index in [0.717, 1.165) is 19.4 Å². The molecule has 0 aromatic carbocycles. The number of methoxy groups -OCH3 is 1. The fourth-order valence-corrected chi connectivity index (χ4v) is 5.41. The van der Waals surface area contributed by atoms with E-state index in [-0.39, 0.29) is 17.9 Å². The SMILES string of the molecule is CCCS(=O)(=O)N1CCC(N2C[C@H](OC)[C@@H]2c2cccnc2)CC1. The monoisotopic (exact) mass is 353 g/mol. The van der Waals surface area contributed by atoms with Crippen molar-refractivity contribution in [2.45, 2.75) is 44.4 Å². The summed E-state index contributed by atoms with van der Waals surface area (Å²) in [6.45, 7) is 4.07. The van der Waals surface area contributed by atoms with Gasteiger partial charge in [0, 0.05) is 45.2 Å². The van der Waals surface area contributed by atoms with Crippen LogP contribution in [0.25, 0.3) is 0 Å². The van der Waals surface area contributed by atoms with Crippen molar-refractivity contribution in [1.29, 1.82) is 0 Å². The minimum absolute atomic E-state index is 0.191. The quantitative estimate of drug-likeness (QED) is 0.778. The largest absolute Gasteiger partial charge is 0.378 e. The molecule has 0 radical (unpaired) electrons. The Kier molecular flexibility index (Phi) is 5.54. The molecule has 7 heteroatoms. The Bertz CT molecular complexity index is 630. The van der Waals surface area contributed by atoms with Gasteiger partial charge in [0.05, 0.1) is 17.9 Å². The maximum Gasteiger partial charge on any atom is 0.214 e. The van der Waals surface area contributed by atoms with Gasteiger partial charge >= 0.3 is 0 Å². The Labute approximate surface area is 144 Å². The molecule has 0 N–H and O–H groups in total. The molecule has 2 aliphatic rings. The second-order valence-electron chi connectivity index (χ2n) is 6.65. The van der Waals surface area contributed by atoms with Gasteiger partial charge in [0.25, 0.3) is 0 Å². The normalized spacial score (nSPS) is 27.1. The Morgan fingerprint density at radius 2 is 2.08 bits per heavy atom. The van der Waals surface area contributed by atoms with E-state index >= 15 is 0 Å². The molecule has 0 aliphatic carbocycles. The van der Waals surface area contributed by atoms with E-state index in [1.54, 1.807) is 17.6 Å². The average molecular weight is 353 g/mol. The van der Waals surface area contributed by atoms with Crippen molar-refractivity contribution >= 4 is 10.0 Å². The van der Waals surface area contributed by atoms with Crippen LogP contribution in [0, 0.1) is 0 Å². The van der Waals surface area contributed by atoms with E-state index in [1.807, 2.05) is 19.2 Å². The van der Waals surface area contributed by atoms with Crippen molar-refractivity contribution in [2.24, 2.45) is 0 Å². The summed E-state index contributed by atoms with van der Waals surface area (Å²) in [6.07, 6.45) is 6.32. The van der Waals surface area contributed by atoms with Gasteiger partial charge in [0.2, 0.25) is 10.0 Å². The first-order valence-corrected chi connectivity index (χ1v) is 10.3. The predicted molar refractivity (Wildman–Crippen MR) is 93.2 cm³/mol. The predicted octanol–water partition coefficient (Wildman–Crippen LogP) is 1.66. The molecule has 1 aromatic heterocycles. The number of nitrogens with zero attached hydrogens (tertiary/aromatic N) is 3. The number of pyridine rings is 1. The van der Waals surface area contributed by atoms with E-state index in [9.17, 15) is 8.42 Å². The molecule has 2 atom stereocenters. The van der Waals surface area contributed by atoms with E-state index in [0.29, 0.717) is 25.6 Å². The van der Waals surface area contributed by atoms with Crippen LogP contribution in [0.5, 0.6) is 0 Å². The van der Waals surface area contributed by atoms with Crippen LogP contribution in [0.2, 0.25) is 0 Å². The molecule has 2 fully saturated rings. The van der Waals surface area contributed by atoms with Gasteiger partial charge in [-0.05, 0) is 30.9 Å². The molecule has 0 unspecified atom stereocenters. The minimum Gasteiger partial charge on any atom is -0.378 e. The van der Waals surface area contributed by atoms with E-state index in [2.05, 4.69) is 16.0 Å². The van der Waals surface area contributed by atoms with Crippen LogP contribution in [0.15, 0.2) is 24.5 Å². The van der Waals surface area contributed by atoms with E-state index in [1.165, 1.54) is 5.56 Å². The highest BCUT2D eigenvalue weighted by Gasteiger charge is 2.45. The van der Waals surface area contributed by atoms with Gasteiger partial charge in [0.15, 0.2) is 0 Å². The lowest BCUT2D eigenvalue weighted by molar-refractivity contribution is -0.114. The lowest BCUT2D eigenvalue weighted by atomic mass is 9.88. The van der Waals surface area contributed by atoms with Crippen LogP contribution in [0.1, 0.15) is 37.8 Å². The van der Waals surface area contributed by atoms with Gasteiger partial charge in [-0.2, -0.15) is 0 Å². The third kappa shape index (κ3) is 3.49. The second kappa shape index (κ2) is 7.47. The molecule has 0 amide bonds. The van der Waals surface area contributed by atoms with Crippen LogP contribution in [-0.2, 0) is 14.8 Å². The number of ether oxygens (including phenoxy) is 1. The Balaban J connectivity index is 1.64. The highest BCUT2D eigenvalue weighted by molar-refractivity contribution is 7.89. The number of aromatic nitrogens is 1. The standard InChI is InChI=1S/C17H27N3O3S/c1-3-11-24(21,22)19-9-6-15(7-10-19)20-13-16(23-2)17(20)14-5-4-8-18-12-14/h4-5,8,12,15-17H,3,6-7,9-11,13H2,1-2H3/t16-,17-/m0/s1. The third-order valence-corrected chi connectivity index (χ3v) is 7.25. The molecule has 3 rings (SSSR count). The molecule has 0 bridgehead atoms. The molecule has 24 heavy (non-hydrogen) atoms. The smallest absolute Gasteiger partial charge is 0.214 e. The average Bonchev–Trinajstić information content (AvgIpc) is 2.56. The number of piperidine rings is 1. The highest BCUT2D eigenvalue weighted by Crippen LogP contribution is 2.39. The van der Waals surface area contributed by atoms with Gasteiger partial charge in [-0.3, -0.25) is 9.88 Å². The van der Waals surface area contributed by atoms with Gasteiger partial charge in [0.1, 0.15) is 0 Å². The molecule has 2 aliphatic heterocycles. The van der Waals surface area contributed by atoms with Crippen molar-refractivity contribution in [2.75, 3.05) is 32.5 Å². The minimum atomic E-state index is -3.07. The zero-order valence-corrected chi connectivity index (χ0v) is 15.3. The zero-order chi connectivity index (χ0) is 17.2. The number of hydrogen-bond acceptors (Lipinski definition) is 5. The van der Waals surface area contributed by atoms with Crippen LogP contribution in [0.4, 0.5) is 0 Å². The lowest BCUT2D eigenvalue weighted by Gasteiger charge is -2.52. The van der Waals surface area contributed by atoms with E-state index in [4.69, 9.17) is 4.74 Å². The maximum atomic E-state index is 12.2. The summed E-state index contributed by atoms with van der Waals surface area (Å²) in [5.74, 6) is 0.255. The molecule has 1 aromatic rings. The number of hydrogen-bond donors (Lipinski definition) is 0. The van der Waals surface area contributed by atoms with E-state index < -0.39 is 10.0 Å². The highest BCUT2D eigenvalue weighted by atomic mass is 32.2. The van der Waals surface area contributed by atoms with Crippen LogP contribution in [-0.4, -0.2) is 67.2 Å². The summed E-state index contributed by atoms with van der Waals surface area (Å²) in [5.41, 5.74) is 1.18. The summed E-state index contributed by atoms with van der Waals surface area (Å²) in [5, 5.41) is 0. The molecular formula is C17H27N3O3S. The van der Waals surface area contributed by atoms with Gasteiger partial charge in [-0.15, -0.1) is 0 Å². The summed E-state index contributed by atoms with van der Waals surface area (Å²) < 4.78 is 31.7.